The zero-order chi connectivity index (χ0) is 40.3. The van der Waals surface area contributed by atoms with Crippen LogP contribution in [0.2, 0.25) is 0 Å². The van der Waals surface area contributed by atoms with Crippen LogP contribution < -0.4 is 0 Å². The molecular formula is C59H38N2. The SMILES string of the molecule is c1ccc(-c2cc(-c3ccc(-c4cccc5c4-c4c(ccc6ccccc46)C5(c4ccccc4)c4ccccc4)c4ccccc34)nc(-c3cccc4ccccc34)n2)cc1. The van der Waals surface area contributed by atoms with Gasteiger partial charge >= 0.3 is 0 Å². The molecule has 10 aromatic carbocycles. The third-order valence-corrected chi connectivity index (χ3v) is 12.8. The molecule has 0 aliphatic heterocycles. The molecule has 0 saturated carbocycles. The van der Waals surface area contributed by atoms with Crippen LogP contribution in [0.15, 0.2) is 231 Å². The van der Waals surface area contributed by atoms with E-state index in [1.54, 1.807) is 0 Å². The Labute approximate surface area is 355 Å². The summed E-state index contributed by atoms with van der Waals surface area (Å²) in [5.41, 5.74) is 14.5. The first-order valence-corrected chi connectivity index (χ1v) is 21.0. The highest BCUT2D eigenvalue weighted by molar-refractivity contribution is 6.12. The molecule has 0 bridgehead atoms. The summed E-state index contributed by atoms with van der Waals surface area (Å²) in [7, 11) is 0. The van der Waals surface area contributed by atoms with Gasteiger partial charge in [-0.25, -0.2) is 9.97 Å². The van der Waals surface area contributed by atoms with E-state index < -0.39 is 5.41 Å². The quantitative estimate of drug-likeness (QED) is 0.168. The van der Waals surface area contributed by atoms with Gasteiger partial charge in [-0.15, -0.1) is 0 Å². The summed E-state index contributed by atoms with van der Waals surface area (Å²) in [6.45, 7) is 0. The van der Waals surface area contributed by atoms with Crippen LogP contribution in [-0.2, 0) is 5.41 Å². The number of hydrogen-bond donors (Lipinski definition) is 0. The Balaban J connectivity index is 1.13. The van der Waals surface area contributed by atoms with Gasteiger partial charge in [-0.1, -0.05) is 224 Å². The van der Waals surface area contributed by atoms with Crippen molar-refractivity contribution in [1.29, 1.82) is 0 Å². The third kappa shape index (κ3) is 5.43. The zero-order valence-corrected chi connectivity index (χ0v) is 33.3. The van der Waals surface area contributed by atoms with Crippen molar-refractivity contribution in [2.75, 3.05) is 0 Å². The van der Waals surface area contributed by atoms with E-state index in [0.717, 1.165) is 38.9 Å². The molecule has 12 rings (SSSR count). The van der Waals surface area contributed by atoms with Crippen molar-refractivity contribution in [3.8, 4) is 56.2 Å². The van der Waals surface area contributed by atoms with Crippen molar-refractivity contribution in [1.82, 2.24) is 9.97 Å². The van der Waals surface area contributed by atoms with E-state index >= 15 is 0 Å². The molecule has 0 unspecified atom stereocenters. The lowest BCUT2D eigenvalue weighted by Crippen LogP contribution is -2.28. The molecule has 11 aromatic rings. The second-order valence-corrected chi connectivity index (χ2v) is 16.0. The van der Waals surface area contributed by atoms with Crippen LogP contribution in [0.25, 0.3) is 88.5 Å². The van der Waals surface area contributed by atoms with Gasteiger partial charge in [-0.05, 0) is 82.9 Å². The van der Waals surface area contributed by atoms with E-state index in [9.17, 15) is 0 Å². The predicted octanol–water partition coefficient (Wildman–Crippen LogP) is 15.0. The minimum absolute atomic E-state index is 0.518. The molecule has 1 aliphatic rings. The molecule has 2 heteroatoms. The average Bonchev–Trinajstić information content (AvgIpc) is 3.66. The average molecular weight is 775 g/mol. The number of aromatic nitrogens is 2. The molecule has 0 atom stereocenters. The fraction of sp³-hybridized carbons (Fsp3) is 0.0169. The number of fused-ring (bicyclic) bond motifs is 7. The smallest absolute Gasteiger partial charge is 0.161 e. The summed E-state index contributed by atoms with van der Waals surface area (Å²) in [6.07, 6.45) is 0. The number of nitrogens with zero attached hydrogens (tertiary/aromatic N) is 2. The van der Waals surface area contributed by atoms with E-state index in [4.69, 9.17) is 9.97 Å². The molecule has 0 saturated heterocycles. The van der Waals surface area contributed by atoms with Crippen molar-refractivity contribution < 1.29 is 0 Å². The Morgan fingerprint density at radius 3 is 1.52 bits per heavy atom. The number of rotatable bonds is 6. The minimum atomic E-state index is -0.518. The standard InChI is InChI=1S/C59H38N2/c1-4-20-41(21-5-1)54-38-55(61-58(60-54)51-32-16-22-39-18-10-12-27-44(39)51)49-36-35-48(46-29-14-15-30-47(46)49)50-31-17-33-52-57(50)56-45-28-13-11-19-40(45)34-37-53(56)59(52,42-23-6-2-7-24-42)43-25-8-3-9-26-43/h1-38H. The maximum atomic E-state index is 5.40. The highest BCUT2D eigenvalue weighted by Crippen LogP contribution is 2.60. The van der Waals surface area contributed by atoms with Crippen LogP contribution in [0.4, 0.5) is 0 Å². The maximum absolute atomic E-state index is 5.40. The predicted molar refractivity (Wildman–Crippen MR) is 254 cm³/mol. The first-order valence-electron chi connectivity index (χ1n) is 21.0. The second kappa shape index (κ2) is 14.1. The molecule has 1 aromatic heterocycles. The van der Waals surface area contributed by atoms with Gasteiger partial charge in [-0.2, -0.15) is 0 Å². The highest BCUT2D eigenvalue weighted by atomic mass is 14.9. The minimum Gasteiger partial charge on any atom is -0.228 e. The maximum Gasteiger partial charge on any atom is 0.161 e. The topological polar surface area (TPSA) is 25.8 Å². The summed E-state index contributed by atoms with van der Waals surface area (Å²) in [5.74, 6) is 0.712. The Hall–Kier alpha value is -7.94. The van der Waals surface area contributed by atoms with E-state index in [1.807, 2.05) is 0 Å². The fourth-order valence-electron chi connectivity index (χ4n) is 10.2. The van der Waals surface area contributed by atoms with Crippen molar-refractivity contribution in [3.63, 3.8) is 0 Å². The van der Waals surface area contributed by atoms with Gasteiger partial charge in [0.25, 0.3) is 0 Å². The third-order valence-electron chi connectivity index (χ3n) is 12.8. The first kappa shape index (κ1) is 35.0. The number of hydrogen-bond acceptors (Lipinski definition) is 2. The van der Waals surface area contributed by atoms with Crippen LogP contribution in [0.5, 0.6) is 0 Å². The Kier molecular flexibility index (Phi) is 8.11. The van der Waals surface area contributed by atoms with Gasteiger partial charge in [0.2, 0.25) is 0 Å². The molecule has 61 heavy (non-hydrogen) atoms. The molecule has 0 radical (unpaired) electrons. The van der Waals surface area contributed by atoms with E-state index in [1.165, 1.54) is 66.1 Å². The second-order valence-electron chi connectivity index (χ2n) is 16.0. The van der Waals surface area contributed by atoms with Crippen molar-refractivity contribution in [2.24, 2.45) is 0 Å². The van der Waals surface area contributed by atoms with Gasteiger partial charge < -0.3 is 0 Å². The Morgan fingerprint density at radius 1 is 0.295 bits per heavy atom. The first-order chi connectivity index (χ1) is 30.3. The van der Waals surface area contributed by atoms with E-state index in [0.29, 0.717) is 5.82 Å². The van der Waals surface area contributed by atoms with Gasteiger partial charge in [0.15, 0.2) is 5.82 Å². The van der Waals surface area contributed by atoms with Crippen LogP contribution in [0.1, 0.15) is 22.3 Å². The van der Waals surface area contributed by atoms with E-state index in [2.05, 4.69) is 231 Å². The van der Waals surface area contributed by atoms with Crippen LogP contribution in [-0.4, -0.2) is 9.97 Å². The summed E-state index contributed by atoms with van der Waals surface area (Å²) in [5, 5.41) is 7.12. The highest BCUT2D eigenvalue weighted by Gasteiger charge is 2.47. The lowest BCUT2D eigenvalue weighted by Gasteiger charge is -2.34. The van der Waals surface area contributed by atoms with Crippen LogP contribution >= 0.6 is 0 Å². The molecule has 0 fully saturated rings. The summed E-state index contributed by atoms with van der Waals surface area (Å²) in [4.78, 5) is 10.6. The normalized spacial score (nSPS) is 12.7. The Bertz CT molecular complexity index is 3420. The molecule has 1 heterocycles. The Morgan fingerprint density at radius 2 is 0.803 bits per heavy atom. The fourth-order valence-corrected chi connectivity index (χ4v) is 10.2. The van der Waals surface area contributed by atoms with Crippen molar-refractivity contribution in [3.05, 3.63) is 253 Å². The van der Waals surface area contributed by atoms with Crippen LogP contribution in [0.3, 0.4) is 0 Å². The van der Waals surface area contributed by atoms with Crippen LogP contribution in [0, 0.1) is 0 Å². The van der Waals surface area contributed by atoms with Crippen molar-refractivity contribution in [2.45, 2.75) is 5.41 Å². The molecule has 1 aliphatic carbocycles. The monoisotopic (exact) mass is 774 g/mol. The lowest BCUT2D eigenvalue weighted by molar-refractivity contribution is 0.769. The summed E-state index contributed by atoms with van der Waals surface area (Å²) >= 11 is 0. The van der Waals surface area contributed by atoms with Crippen molar-refractivity contribution >= 4 is 32.3 Å². The largest absolute Gasteiger partial charge is 0.228 e. The van der Waals surface area contributed by atoms with Gasteiger partial charge in [0, 0.05) is 16.7 Å². The summed E-state index contributed by atoms with van der Waals surface area (Å²) in [6, 6.07) is 83.6. The van der Waals surface area contributed by atoms with Gasteiger partial charge in [0.1, 0.15) is 0 Å². The van der Waals surface area contributed by atoms with Gasteiger partial charge in [0.05, 0.1) is 16.8 Å². The lowest BCUT2D eigenvalue weighted by atomic mass is 9.67. The number of benzene rings is 10. The molecule has 0 spiro atoms. The van der Waals surface area contributed by atoms with Gasteiger partial charge in [-0.3, -0.25) is 0 Å². The molecule has 0 amide bonds. The molecule has 2 nitrogen and oxygen atoms in total. The molecule has 284 valence electrons. The molecule has 0 N–H and O–H groups in total. The summed E-state index contributed by atoms with van der Waals surface area (Å²) < 4.78 is 0. The molecular weight excluding hydrogens is 737 g/mol. The zero-order valence-electron chi connectivity index (χ0n) is 33.3. The van der Waals surface area contributed by atoms with E-state index in [-0.39, 0.29) is 0 Å².